The van der Waals surface area contributed by atoms with Gasteiger partial charge in [-0.05, 0) is 31.6 Å². The highest BCUT2D eigenvalue weighted by Crippen LogP contribution is 2.28. The van der Waals surface area contributed by atoms with E-state index < -0.39 is 6.04 Å². The van der Waals surface area contributed by atoms with Gasteiger partial charge >= 0.3 is 0 Å². The SMILES string of the molecule is CNC(=O)C(NC(C)=O)C(C)OCC1CCC(C)CC1. The minimum absolute atomic E-state index is 0.218. The van der Waals surface area contributed by atoms with Gasteiger partial charge in [0.05, 0.1) is 6.10 Å². The Morgan fingerprint density at radius 2 is 1.85 bits per heavy atom. The molecule has 0 aromatic rings. The van der Waals surface area contributed by atoms with E-state index in [0.717, 1.165) is 5.92 Å². The molecule has 0 heterocycles. The summed E-state index contributed by atoms with van der Waals surface area (Å²) in [4.78, 5) is 23.0. The Morgan fingerprint density at radius 1 is 1.25 bits per heavy atom. The maximum Gasteiger partial charge on any atom is 0.245 e. The van der Waals surface area contributed by atoms with Crippen LogP contribution in [0.5, 0.6) is 0 Å². The molecule has 5 nitrogen and oxygen atoms in total. The van der Waals surface area contributed by atoms with Crippen molar-refractivity contribution in [3.05, 3.63) is 0 Å². The second-order valence-electron chi connectivity index (χ2n) is 5.96. The van der Waals surface area contributed by atoms with Crippen LogP contribution in [-0.2, 0) is 14.3 Å². The summed E-state index contributed by atoms with van der Waals surface area (Å²) in [5, 5.41) is 5.21. The van der Waals surface area contributed by atoms with Crippen LogP contribution >= 0.6 is 0 Å². The first-order valence-electron chi connectivity index (χ1n) is 7.54. The quantitative estimate of drug-likeness (QED) is 0.776. The van der Waals surface area contributed by atoms with Gasteiger partial charge in [0, 0.05) is 20.6 Å². The second-order valence-corrected chi connectivity index (χ2v) is 5.96. The van der Waals surface area contributed by atoms with E-state index in [2.05, 4.69) is 17.6 Å². The van der Waals surface area contributed by atoms with Crippen molar-refractivity contribution in [3.63, 3.8) is 0 Å². The lowest BCUT2D eigenvalue weighted by Gasteiger charge is -2.29. The molecule has 2 N–H and O–H groups in total. The fourth-order valence-electron chi connectivity index (χ4n) is 2.65. The van der Waals surface area contributed by atoms with Gasteiger partial charge in [-0.3, -0.25) is 9.59 Å². The number of carbonyl (C=O) groups excluding carboxylic acids is 2. The van der Waals surface area contributed by atoms with E-state index in [1.165, 1.54) is 32.6 Å². The third kappa shape index (κ3) is 5.49. The number of carbonyl (C=O) groups is 2. The van der Waals surface area contributed by atoms with Crippen LogP contribution < -0.4 is 10.6 Å². The van der Waals surface area contributed by atoms with E-state index >= 15 is 0 Å². The Hall–Kier alpha value is -1.10. The molecular formula is C15H28N2O3. The van der Waals surface area contributed by atoms with Crippen molar-refractivity contribution in [2.24, 2.45) is 11.8 Å². The van der Waals surface area contributed by atoms with Gasteiger partial charge in [-0.2, -0.15) is 0 Å². The molecule has 0 saturated heterocycles. The molecule has 0 bridgehead atoms. The zero-order chi connectivity index (χ0) is 15.1. The lowest BCUT2D eigenvalue weighted by Crippen LogP contribution is -2.52. The molecular weight excluding hydrogens is 256 g/mol. The molecule has 116 valence electrons. The standard InChI is InChI=1S/C15H28N2O3/c1-10-5-7-13(8-6-10)9-20-11(2)14(15(19)16-4)17-12(3)18/h10-11,13-14H,5-9H2,1-4H3,(H,16,19)(H,17,18). The van der Waals surface area contributed by atoms with Crippen LogP contribution in [0.2, 0.25) is 0 Å². The van der Waals surface area contributed by atoms with Crippen LogP contribution in [0, 0.1) is 11.8 Å². The Bertz CT molecular complexity index is 325. The first-order chi connectivity index (χ1) is 9.43. The summed E-state index contributed by atoms with van der Waals surface area (Å²) in [6.07, 6.45) is 4.58. The normalized spacial score (nSPS) is 25.6. The van der Waals surface area contributed by atoms with Crippen molar-refractivity contribution in [3.8, 4) is 0 Å². The molecule has 0 aromatic carbocycles. The van der Waals surface area contributed by atoms with Crippen LogP contribution in [-0.4, -0.2) is 37.6 Å². The van der Waals surface area contributed by atoms with Gasteiger partial charge in [0.25, 0.3) is 0 Å². The lowest BCUT2D eigenvalue weighted by molar-refractivity contribution is -0.132. The molecule has 0 aromatic heterocycles. The maximum atomic E-state index is 11.8. The number of hydrogen-bond acceptors (Lipinski definition) is 3. The Balaban J connectivity index is 2.43. The number of likely N-dealkylation sites (N-methyl/N-ethyl adjacent to an activating group) is 1. The molecule has 0 radical (unpaired) electrons. The van der Waals surface area contributed by atoms with Crippen molar-refractivity contribution in [1.29, 1.82) is 0 Å². The molecule has 0 aliphatic heterocycles. The summed E-state index contributed by atoms with van der Waals surface area (Å²) in [6, 6.07) is -0.625. The topological polar surface area (TPSA) is 67.4 Å². The summed E-state index contributed by atoms with van der Waals surface area (Å²) in [6.45, 7) is 6.20. The van der Waals surface area contributed by atoms with Crippen molar-refractivity contribution < 1.29 is 14.3 Å². The highest BCUT2D eigenvalue weighted by atomic mass is 16.5. The third-order valence-corrected chi connectivity index (χ3v) is 4.09. The Kier molecular flexibility index (Phi) is 6.99. The molecule has 1 rings (SSSR count). The van der Waals surface area contributed by atoms with Gasteiger partial charge in [-0.1, -0.05) is 19.8 Å². The smallest absolute Gasteiger partial charge is 0.245 e. The van der Waals surface area contributed by atoms with E-state index in [1.54, 1.807) is 7.05 Å². The lowest BCUT2D eigenvalue weighted by atomic mass is 9.83. The fraction of sp³-hybridized carbons (Fsp3) is 0.867. The van der Waals surface area contributed by atoms with Gasteiger partial charge in [0.15, 0.2) is 0 Å². The predicted octanol–water partition coefficient (Wildman–Crippen LogP) is 1.47. The average molecular weight is 284 g/mol. The van der Waals surface area contributed by atoms with Gasteiger partial charge in [-0.25, -0.2) is 0 Å². The van der Waals surface area contributed by atoms with Gasteiger partial charge in [-0.15, -0.1) is 0 Å². The average Bonchev–Trinajstić information content (AvgIpc) is 2.42. The number of hydrogen-bond donors (Lipinski definition) is 2. The monoisotopic (exact) mass is 284 g/mol. The van der Waals surface area contributed by atoms with E-state index in [-0.39, 0.29) is 17.9 Å². The van der Waals surface area contributed by atoms with Gasteiger partial charge < -0.3 is 15.4 Å². The first-order valence-corrected chi connectivity index (χ1v) is 7.54. The molecule has 2 amide bonds. The minimum atomic E-state index is -0.625. The third-order valence-electron chi connectivity index (χ3n) is 4.09. The molecule has 20 heavy (non-hydrogen) atoms. The fourth-order valence-corrected chi connectivity index (χ4v) is 2.65. The van der Waals surface area contributed by atoms with Crippen LogP contribution in [0.15, 0.2) is 0 Å². The molecule has 2 unspecified atom stereocenters. The van der Waals surface area contributed by atoms with Crippen molar-refractivity contribution in [2.75, 3.05) is 13.7 Å². The molecule has 5 heteroatoms. The van der Waals surface area contributed by atoms with Crippen LogP contribution in [0.3, 0.4) is 0 Å². The van der Waals surface area contributed by atoms with Crippen molar-refractivity contribution in [2.45, 2.75) is 58.6 Å². The zero-order valence-electron chi connectivity index (χ0n) is 13.1. The first kappa shape index (κ1) is 17.0. The molecule has 1 aliphatic rings. The van der Waals surface area contributed by atoms with E-state index in [4.69, 9.17) is 4.74 Å². The molecule has 1 fully saturated rings. The Morgan fingerprint density at radius 3 is 2.35 bits per heavy atom. The summed E-state index contributed by atoms with van der Waals surface area (Å²) in [7, 11) is 1.56. The van der Waals surface area contributed by atoms with Crippen LogP contribution in [0.1, 0.15) is 46.5 Å². The zero-order valence-corrected chi connectivity index (χ0v) is 13.1. The number of ether oxygens (including phenoxy) is 1. The highest BCUT2D eigenvalue weighted by molar-refractivity contribution is 5.87. The predicted molar refractivity (Wildman–Crippen MR) is 78.2 cm³/mol. The number of rotatable bonds is 6. The summed E-state index contributed by atoms with van der Waals surface area (Å²) >= 11 is 0. The van der Waals surface area contributed by atoms with E-state index in [9.17, 15) is 9.59 Å². The summed E-state index contributed by atoms with van der Waals surface area (Å²) in [5.41, 5.74) is 0. The summed E-state index contributed by atoms with van der Waals surface area (Å²) < 4.78 is 5.83. The van der Waals surface area contributed by atoms with E-state index in [1.807, 2.05) is 6.92 Å². The molecule has 1 saturated carbocycles. The van der Waals surface area contributed by atoms with Crippen molar-refractivity contribution >= 4 is 11.8 Å². The summed E-state index contributed by atoms with van der Waals surface area (Å²) in [5.74, 6) is 0.962. The Labute approximate surface area is 121 Å². The minimum Gasteiger partial charge on any atom is -0.376 e. The largest absolute Gasteiger partial charge is 0.376 e. The highest BCUT2D eigenvalue weighted by Gasteiger charge is 2.27. The van der Waals surface area contributed by atoms with Crippen LogP contribution in [0.25, 0.3) is 0 Å². The van der Waals surface area contributed by atoms with Gasteiger partial charge in [0.1, 0.15) is 6.04 Å². The van der Waals surface area contributed by atoms with Crippen LogP contribution in [0.4, 0.5) is 0 Å². The molecule has 2 atom stereocenters. The molecule has 1 aliphatic carbocycles. The maximum absolute atomic E-state index is 11.8. The second kappa shape index (κ2) is 8.25. The van der Waals surface area contributed by atoms with E-state index in [0.29, 0.717) is 12.5 Å². The molecule has 0 spiro atoms. The van der Waals surface area contributed by atoms with Crippen molar-refractivity contribution in [1.82, 2.24) is 10.6 Å². The van der Waals surface area contributed by atoms with Gasteiger partial charge in [0.2, 0.25) is 11.8 Å². The number of nitrogens with one attached hydrogen (secondary N) is 2. The number of amides is 2.